The van der Waals surface area contributed by atoms with Crippen molar-refractivity contribution in [2.75, 3.05) is 19.8 Å². The Labute approximate surface area is 180 Å². The third-order valence-corrected chi connectivity index (χ3v) is 5.93. The first-order chi connectivity index (χ1) is 13.8. The minimum atomic E-state index is -5.66. The van der Waals surface area contributed by atoms with Crippen molar-refractivity contribution in [3.63, 3.8) is 0 Å². The monoisotopic (exact) mass is 463 g/mol. The molecule has 0 aliphatic heterocycles. The largest absolute Gasteiger partial charge is 0.790 e. The van der Waals surface area contributed by atoms with Crippen molar-refractivity contribution in [3.05, 3.63) is 46.6 Å². The summed E-state index contributed by atoms with van der Waals surface area (Å²) in [6.45, 7) is 10.3. The van der Waals surface area contributed by atoms with E-state index in [0.717, 1.165) is 25.7 Å². The van der Waals surface area contributed by atoms with Crippen LogP contribution in [0, 0.1) is 0 Å². The molecule has 0 saturated heterocycles. The minimum absolute atomic E-state index is 0.252. The van der Waals surface area contributed by atoms with Crippen LogP contribution in [0.5, 0.6) is 0 Å². The molecule has 0 radical (unpaired) electrons. The molecular formula is C20H33O8P2-3. The van der Waals surface area contributed by atoms with Gasteiger partial charge in [-0.05, 0) is 65.9 Å². The molecule has 8 nitrogen and oxygen atoms in total. The Kier molecular flexibility index (Phi) is 14.6. The van der Waals surface area contributed by atoms with Gasteiger partial charge in [-0.2, -0.15) is 0 Å². The summed E-state index contributed by atoms with van der Waals surface area (Å²) in [5.74, 6) is 0. The molecule has 30 heavy (non-hydrogen) atoms. The zero-order valence-corrected chi connectivity index (χ0v) is 20.2. The van der Waals surface area contributed by atoms with Gasteiger partial charge >= 0.3 is 0 Å². The molecule has 0 saturated carbocycles. The van der Waals surface area contributed by atoms with Gasteiger partial charge in [-0.15, -0.1) is 0 Å². The van der Waals surface area contributed by atoms with E-state index in [0.29, 0.717) is 12.2 Å². The van der Waals surface area contributed by atoms with Crippen LogP contribution in [0.4, 0.5) is 0 Å². The van der Waals surface area contributed by atoms with Gasteiger partial charge in [-0.3, -0.25) is 8.88 Å². The highest BCUT2D eigenvalue weighted by Crippen LogP contribution is 2.50. The maximum Gasteiger partial charge on any atom is 0.272 e. The van der Waals surface area contributed by atoms with E-state index in [9.17, 15) is 23.8 Å². The Morgan fingerprint density at radius 1 is 0.767 bits per heavy atom. The van der Waals surface area contributed by atoms with Crippen LogP contribution in [0.1, 0.15) is 60.3 Å². The molecule has 1 unspecified atom stereocenters. The summed E-state index contributed by atoms with van der Waals surface area (Å²) in [4.78, 5) is 31.7. The smallest absolute Gasteiger partial charge is 0.272 e. The van der Waals surface area contributed by atoms with E-state index in [-0.39, 0.29) is 6.61 Å². The fourth-order valence-corrected chi connectivity index (χ4v) is 3.66. The lowest BCUT2D eigenvalue weighted by atomic mass is 10.1. The summed E-state index contributed by atoms with van der Waals surface area (Å²) in [6, 6.07) is 0. The fourth-order valence-electron chi connectivity index (χ4n) is 2.24. The second-order valence-electron chi connectivity index (χ2n) is 7.30. The van der Waals surface area contributed by atoms with Crippen LogP contribution in [0.15, 0.2) is 46.6 Å². The van der Waals surface area contributed by atoms with Gasteiger partial charge in [-0.25, -0.2) is 0 Å². The first kappa shape index (κ1) is 29.2. The summed E-state index contributed by atoms with van der Waals surface area (Å²) in [5.41, 5.74) is 4.63. The van der Waals surface area contributed by atoms with E-state index >= 15 is 0 Å². The molecule has 0 aliphatic carbocycles. The van der Waals surface area contributed by atoms with Crippen molar-refractivity contribution in [1.29, 1.82) is 0 Å². The van der Waals surface area contributed by atoms with Crippen LogP contribution in [0.2, 0.25) is 0 Å². The molecule has 174 valence electrons. The van der Waals surface area contributed by atoms with Crippen molar-refractivity contribution in [2.45, 2.75) is 60.3 Å². The van der Waals surface area contributed by atoms with Crippen molar-refractivity contribution >= 4 is 15.6 Å². The Morgan fingerprint density at radius 3 is 1.87 bits per heavy atom. The van der Waals surface area contributed by atoms with Crippen molar-refractivity contribution in [1.82, 2.24) is 0 Å². The van der Waals surface area contributed by atoms with Crippen LogP contribution >= 0.6 is 15.6 Å². The number of hydrogen-bond donors (Lipinski definition) is 0. The number of rotatable bonds is 15. The Bertz CT molecular complexity index is 727. The molecule has 0 aromatic carbocycles. The Hall–Kier alpha value is -0.820. The lowest BCUT2D eigenvalue weighted by Crippen LogP contribution is -2.19. The molecule has 0 fully saturated rings. The first-order valence-corrected chi connectivity index (χ1v) is 12.6. The van der Waals surface area contributed by atoms with E-state index in [1.54, 1.807) is 6.92 Å². The molecule has 0 heterocycles. The molecular weight excluding hydrogens is 430 g/mol. The van der Waals surface area contributed by atoms with Gasteiger partial charge in [0, 0.05) is 0 Å². The standard InChI is InChI=1S/C20H36O8P2/c1-17(2)8-6-9-18(3)10-7-11-19(4)12-14-26-16-20(5)13-15-27-30(24,25)28-29(21,22)23/h8,10,12-13H,6-7,9,11,14-16H2,1-5H3,(H,24,25)(H2,21,22,23)/p-3/b18-10+,19-12+,20-13+. The normalized spacial score (nSPS) is 15.8. The highest BCUT2D eigenvalue weighted by atomic mass is 31.3. The molecule has 0 N–H and O–H groups in total. The average Bonchev–Trinajstić information content (AvgIpc) is 2.56. The molecule has 10 heteroatoms. The van der Waals surface area contributed by atoms with Gasteiger partial charge < -0.3 is 28.5 Å². The highest BCUT2D eigenvalue weighted by Gasteiger charge is 2.10. The van der Waals surface area contributed by atoms with Gasteiger partial charge in [0.2, 0.25) is 0 Å². The molecule has 0 bridgehead atoms. The quantitative estimate of drug-likeness (QED) is 0.204. The summed E-state index contributed by atoms with van der Waals surface area (Å²) in [6.07, 6.45) is 12.0. The van der Waals surface area contributed by atoms with Crippen molar-refractivity contribution in [2.24, 2.45) is 0 Å². The summed E-state index contributed by atoms with van der Waals surface area (Å²) < 4.78 is 34.5. The maximum absolute atomic E-state index is 11.1. The maximum atomic E-state index is 11.1. The molecule has 0 aromatic rings. The third-order valence-electron chi connectivity index (χ3n) is 3.87. The summed E-state index contributed by atoms with van der Waals surface area (Å²) >= 11 is 0. The highest BCUT2D eigenvalue weighted by molar-refractivity contribution is 7.58. The molecule has 0 amide bonds. The van der Waals surface area contributed by atoms with Gasteiger partial charge in [0.05, 0.1) is 27.6 Å². The summed E-state index contributed by atoms with van der Waals surface area (Å²) in [7, 11) is -10.8. The number of hydrogen-bond acceptors (Lipinski definition) is 8. The molecule has 0 aliphatic rings. The van der Waals surface area contributed by atoms with E-state index < -0.39 is 22.3 Å². The molecule has 0 rings (SSSR count). The zero-order chi connectivity index (χ0) is 23.2. The van der Waals surface area contributed by atoms with E-state index in [2.05, 4.69) is 41.8 Å². The lowest BCUT2D eigenvalue weighted by Gasteiger charge is -2.34. The topological polar surface area (TPSA) is 131 Å². The second-order valence-corrected chi connectivity index (χ2v) is 10.00. The van der Waals surface area contributed by atoms with Crippen LogP contribution in [-0.2, 0) is 22.7 Å². The van der Waals surface area contributed by atoms with Gasteiger partial charge in [0.1, 0.15) is 0 Å². The summed E-state index contributed by atoms with van der Waals surface area (Å²) in [5, 5.41) is 0. The van der Waals surface area contributed by atoms with Crippen LogP contribution in [0.25, 0.3) is 0 Å². The van der Waals surface area contributed by atoms with E-state index in [1.165, 1.54) is 22.8 Å². The first-order valence-electron chi connectivity index (χ1n) is 9.67. The van der Waals surface area contributed by atoms with Gasteiger partial charge in [0.15, 0.2) is 0 Å². The third kappa shape index (κ3) is 19.2. The fraction of sp³-hybridized carbons (Fsp3) is 0.600. The second kappa shape index (κ2) is 15.1. The molecule has 0 aromatic heterocycles. The van der Waals surface area contributed by atoms with E-state index in [4.69, 9.17) is 4.74 Å². The van der Waals surface area contributed by atoms with Crippen molar-refractivity contribution in [3.8, 4) is 0 Å². The number of phosphoric acid groups is 2. The molecule has 1 atom stereocenters. The number of allylic oxidation sites excluding steroid dienone is 5. The Balaban J connectivity index is 4.11. The lowest BCUT2D eigenvalue weighted by molar-refractivity contribution is -0.339. The molecule has 0 spiro atoms. The van der Waals surface area contributed by atoms with E-state index in [1.807, 2.05) is 13.0 Å². The van der Waals surface area contributed by atoms with Crippen LogP contribution in [0.3, 0.4) is 0 Å². The van der Waals surface area contributed by atoms with Gasteiger partial charge in [0.25, 0.3) is 7.82 Å². The van der Waals surface area contributed by atoms with Crippen LogP contribution < -0.4 is 14.7 Å². The predicted molar refractivity (Wildman–Crippen MR) is 112 cm³/mol. The SMILES string of the molecule is CC(C)=CCC/C(C)=C/CC/C(C)=C/COC/C(C)=C/COP(=O)([O-])OP(=O)([O-])[O-]. The number of ether oxygens (including phenoxy) is 1. The minimum Gasteiger partial charge on any atom is -0.790 e. The van der Waals surface area contributed by atoms with Crippen molar-refractivity contribution < 1.29 is 37.4 Å². The number of phosphoric ester groups is 1. The zero-order valence-electron chi connectivity index (χ0n) is 18.4. The average molecular weight is 463 g/mol. The van der Waals surface area contributed by atoms with Crippen LogP contribution in [-0.4, -0.2) is 19.8 Å². The van der Waals surface area contributed by atoms with Gasteiger partial charge in [-0.1, -0.05) is 41.0 Å². The Morgan fingerprint density at radius 2 is 1.30 bits per heavy atom. The predicted octanol–water partition coefficient (Wildman–Crippen LogP) is 3.70.